The first-order chi connectivity index (χ1) is 13.0. The normalized spacial score (nSPS) is 11.0. The predicted molar refractivity (Wildman–Crippen MR) is 110 cm³/mol. The summed E-state index contributed by atoms with van der Waals surface area (Å²) in [7, 11) is 0. The molecule has 4 rings (SSSR count). The molecule has 3 aromatic heterocycles. The van der Waals surface area contributed by atoms with Gasteiger partial charge in [0.2, 0.25) is 0 Å². The Bertz CT molecular complexity index is 1160. The maximum atomic E-state index is 12.4. The lowest BCUT2D eigenvalue weighted by atomic mass is 9.89. The molecule has 3 heterocycles. The summed E-state index contributed by atoms with van der Waals surface area (Å²) in [6, 6.07) is 10.9. The molecule has 0 fully saturated rings. The largest absolute Gasteiger partial charge is 0.460 e. The smallest absolute Gasteiger partial charge is 0.268 e. The van der Waals surface area contributed by atoms with Crippen molar-refractivity contribution in [1.29, 1.82) is 0 Å². The van der Waals surface area contributed by atoms with Gasteiger partial charge in [0.15, 0.2) is 0 Å². The summed E-state index contributed by atoms with van der Waals surface area (Å²) in [6.07, 6.45) is 0. The Labute approximate surface area is 170 Å². The number of benzene rings is 1. The highest BCUT2D eigenvalue weighted by molar-refractivity contribution is 6.30. The summed E-state index contributed by atoms with van der Waals surface area (Å²) in [6.45, 7) is 3.55. The van der Waals surface area contributed by atoms with Gasteiger partial charge in [-0.15, -0.1) is 12.4 Å². The van der Waals surface area contributed by atoms with Gasteiger partial charge in [0.1, 0.15) is 11.5 Å². The fourth-order valence-electron chi connectivity index (χ4n) is 3.31. The van der Waals surface area contributed by atoms with Gasteiger partial charge in [-0.3, -0.25) is 19.8 Å². The molecule has 146 valence electrons. The Morgan fingerprint density at radius 1 is 0.821 bits per heavy atom. The molecule has 0 saturated carbocycles. The Hall–Kier alpha value is -2.90. The van der Waals surface area contributed by atoms with Crippen LogP contribution in [0.3, 0.4) is 0 Å². The third-order valence-corrected chi connectivity index (χ3v) is 4.89. The van der Waals surface area contributed by atoms with E-state index in [1.54, 1.807) is 32.0 Å². The molecule has 0 unspecified atom stereocenters. The monoisotopic (exact) mass is 420 g/mol. The molecule has 9 heteroatoms. The number of hydrogen-bond donors (Lipinski definition) is 4. The average Bonchev–Trinajstić information content (AvgIpc) is 3.34. The Kier molecular flexibility index (Phi) is 5.40. The summed E-state index contributed by atoms with van der Waals surface area (Å²) >= 11 is 5.95. The summed E-state index contributed by atoms with van der Waals surface area (Å²) in [5.74, 6) is 0.485. The SMILES string of the molecule is Cc1[nH][nH]c(=O)c1C(c1ccc(-c2ccc(Cl)cc2)o1)c1c(C)[nH][nH]c1=O.Cl. The summed E-state index contributed by atoms with van der Waals surface area (Å²) in [5.41, 5.74) is 2.46. The lowest BCUT2D eigenvalue weighted by molar-refractivity contribution is 0.513. The molecular weight excluding hydrogens is 403 g/mol. The van der Waals surface area contributed by atoms with E-state index in [2.05, 4.69) is 20.4 Å². The lowest BCUT2D eigenvalue weighted by Gasteiger charge is -2.12. The first-order valence-electron chi connectivity index (χ1n) is 8.35. The first-order valence-corrected chi connectivity index (χ1v) is 8.73. The van der Waals surface area contributed by atoms with Crippen LogP contribution in [0.15, 0.2) is 50.4 Å². The number of H-pyrrole nitrogens is 4. The number of aryl methyl sites for hydroxylation is 2. The van der Waals surface area contributed by atoms with Gasteiger partial charge in [0.25, 0.3) is 11.1 Å². The Morgan fingerprint density at radius 2 is 1.36 bits per heavy atom. The van der Waals surface area contributed by atoms with E-state index in [0.717, 1.165) is 5.56 Å². The van der Waals surface area contributed by atoms with Gasteiger partial charge < -0.3 is 14.6 Å². The molecular formula is C19H18Cl2N4O3. The molecule has 0 amide bonds. The average molecular weight is 421 g/mol. The number of furan rings is 1. The fraction of sp³-hybridized carbons (Fsp3) is 0.158. The van der Waals surface area contributed by atoms with Crippen LogP contribution in [-0.4, -0.2) is 20.4 Å². The van der Waals surface area contributed by atoms with Crippen LogP contribution in [0, 0.1) is 13.8 Å². The Balaban J connectivity index is 0.00000225. The van der Waals surface area contributed by atoms with E-state index in [0.29, 0.717) is 39.1 Å². The molecule has 0 aliphatic heterocycles. The minimum absolute atomic E-state index is 0. The molecule has 0 saturated heterocycles. The van der Waals surface area contributed by atoms with Crippen LogP contribution in [0.1, 0.15) is 34.2 Å². The van der Waals surface area contributed by atoms with Crippen molar-refractivity contribution >= 4 is 24.0 Å². The molecule has 0 atom stereocenters. The fourth-order valence-corrected chi connectivity index (χ4v) is 3.44. The third-order valence-electron chi connectivity index (χ3n) is 4.64. The minimum atomic E-state index is -0.643. The van der Waals surface area contributed by atoms with Crippen molar-refractivity contribution in [3.05, 3.63) is 90.4 Å². The van der Waals surface area contributed by atoms with Crippen LogP contribution in [0.2, 0.25) is 5.02 Å². The van der Waals surface area contributed by atoms with Crippen molar-refractivity contribution in [1.82, 2.24) is 20.4 Å². The first kappa shape index (κ1) is 19.9. The van der Waals surface area contributed by atoms with Crippen molar-refractivity contribution in [3.8, 4) is 11.3 Å². The van der Waals surface area contributed by atoms with Gasteiger partial charge >= 0.3 is 0 Å². The molecule has 4 N–H and O–H groups in total. The highest BCUT2D eigenvalue weighted by atomic mass is 35.5. The van der Waals surface area contributed by atoms with Gasteiger partial charge in [-0.25, -0.2) is 0 Å². The van der Waals surface area contributed by atoms with Crippen LogP contribution in [0.5, 0.6) is 0 Å². The second-order valence-corrected chi connectivity index (χ2v) is 6.81. The Morgan fingerprint density at radius 3 is 1.82 bits per heavy atom. The molecule has 0 spiro atoms. The van der Waals surface area contributed by atoms with E-state index in [1.165, 1.54) is 0 Å². The molecule has 4 aromatic rings. The number of halogens is 2. The molecule has 0 radical (unpaired) electrons. The van der Waals surface area contributed by atoms with Crippen LogP contribution < -0.4 is 11.1 Å². The third kappa shape index (κ3) is 3.34. The predicted octanol–water partition coefficient (Wildman–Crippen LogP) is 3.85. The van der Waals surface area contributed by atoms with Gasteiger partial charge in [-0.1, -0.05) is 11.6 Å². The van der Waals surface area contributed by atoms with Gasteiger partial charge in [0.05, 0.1) is 17.0 Å². The van der Waals surface area contributed by atoms with Crippen molar-refractivity contribution in [3.63, 3.8) is 0 Å². The van der Waals surface area contributed by atoms with Gasteiger partial charge in [0, 0.05) is 22.0 Å². The summed E-state index contributed by atoms with van der Waals surface area (Å²) in [5, 5.41) is 11.4. The molecule has 0 bridgehead atoms. The summed E-state index contributed by atoms with van der Waals surface area (Å²) < 4.78 is 6.06. The quantitative estimate of drug-likeness (QED) is 0.402. The van der Waals surface area contributed by atoms with Crippen LogP contribution in [0.25, 0.3) is 11.3 Å². The number of hydrogen-bond acceptors (Lipinski definition) is 3. The van der Waals surface area contributed by atoms with E-state index in [1.807, 2.05) is 18.2 Å². The van der Waals surface area contributed by atoms with Crippen molar-refractivity contribution in [2.24, 2.45) is 0 Å². The minimum Gasteiger partial charge on any atom is -0.460 e. The van der Waals surface area contributed by atoms with Crippen LogP contribution >= 0.6 is 24.0 Å². The van der Waals surface area contributed by atoms with E-state index in [9.17, 15) is 9.59 Å². The number of aromatic nitrogens is 4. The van der Waals surface area contributed by atoms with Crippen molar-refractivity contribution in [2.45, 2.75) is 19.8 Å². The highest BCUT2D eigenvalue weighted by Gasteiger charge is 2.30. The number of rotatable bonds is 4. The van der Waals surface area contributed by atoms with Crippen molar-refractivity contribution < 1.29 is 4.42 Å². The molecule has 28 heavy (non-hydrogen) atoms. The van der Waals surface area contributed by atoms with E-state index < -0.39 is 5.92 Å². The van der Waals surface area contributed by atoms with Crippen molar-refractivity contribution in [2.75, 3.05) is 0 Å². The van der Waals surface area contributed by atoms with Crippen LogP contribution in [0.4, 0.5) is 0 Å². The molecule has 0 aliphatic rings. The maximum absolute atomic E-state index is 12.4. The van der Waals surface area contributed by atoms with Gasteiger partial charge in [-0.05, 0) is 50.2 Å². The lowest BCUT2D eigenvalue weighted by Crippen LogP contribution is -2.19. The van der Waals surface area contributed by atoms with Crippen LogP contribution in [-0.2, 0) is 0 Å². The molecule has 7 nitrogen and oxygen atoms in total. The summed E-state index contributed by atoms with van der Waals surface area (Å²) in [4.78, 5) is 24.8. The number of aromatic amines is 4. The van der Waals surface area contributed by atoms with E-state index in [4.69, 9.17) is 16.0 Å². The second kappa shape index (κ2) is 7.61. The molecule has 0 aliphatic carbocycles. The maximum Gasteiger partial charge on any atom is 0.268 e. The second-order valence-electron chi connectivity index (χ2n) is 6.38. The zero-order valence-electron chi connectivity index (χ0n) is 15.1. The van der Waals surface area contributed by atoms with E-state index in [-0.39, 0.29) is 23.5 Å². The zero-order chi connectivity index (χ0) is 19.1. The number of nitrogens with one attached hydrogen (secondary N) is 4. The zero-order valence-corrected chi connectivity index (χ0v) is 16.6. The standard InChI is InChI=1S/C19H17ClN4O3.ClH/c1-9-15(18(25)23-21-9)17(16-10(2)22-24-19(16)26)14-8-7-13(27-14)11-3-5-12(20)6-4-11;/h3-8,17H,1-2H3,(H2,21,23,25)(H2,22,24,26);1H. The van der Waals surface area contributed by atoms with Gasteiger partial charge in [-0.2, -0.15) is 0 Å². The highest BCUT2D eigenvalue weighted by Crippen LogP contribution is 2.34. The topological polar surface area (TPSA) is 110 Å². The van der Waals surface area contributed by atoms with E-state index >= 15 is 0 Å². The molecule has 1 aromatic carbocycles.